The molecule has 3 nitrogen and oxygen atoms in total. The van der Waals surface area contributed by atoms with Gasteiger partial charge < -0.3 is 10.4 Å². The molecule has 0 saturated carbocycles. The Labute approximate surface area is 133 Å². The first kappa shape index (κ1) is 15.8. The van der Waals surface area contributed by atoms with E-state index in [9.17, 15) is 9.90 Å². The third-order valence-corrected chi connectivity index (χ3v) is 4.13. The van der Waals surface area contributed by atoms with E-state index in [0.717, 1.165) is 5.56 Å². The standard InChI is InChI=1S/C16H15Cl2NO2/c1-16(10-20,11-6-3-2-4-7-11)19-15(21)12-8-5-9-13(17)14(12)18/h2-9,20H,10H2,1H3,(H,19,21). The topological polar surface area (TPSA) is 49.3 Å². The number of nitrogens with one attached hydrogen (secondary N) is 1. The fourth-order valence-electron chi connectivity index (χ4n) is 2.01. The number of hydrogen-bond acceptors (Lipinski definition) is 2. The van der Waals surface area contributed by atoms with Crippen LogP contribution in [0.25, 0.3) is 0 Å². The lowest BCUT2D eigenvalue weighted by molar-refractivity contribution is 0.0850. The maximum atomic E-state index is 12.4. The van der Waals surface area contributed by atoms with Crippen molar-refractivity contribution in [3.63, 3.8) is 0 Å². The summed E-state index contributed by atoms with van der Waals surface area (Å²) in [6.07, 6.45) is 0. The van der Waals surface area contributed by atoms with Crippen molar-refractivity contribution in [3.05, 3.63) is 69.7 Å². The van der Waals surface area contributed by atoms with Crippen LogP contribution in [0.4, 0.5) is 0 Å². The van der Waals surface area contributed by atoms with Gasteiger partial charge in [-0.3, -0.25) is 4.79 Å². The third kappa shape index (κ3) is 3.38. The van der Waals surface area contributed by atoms with Crippen LogP contribution in [0.5, 0.6) is 0 Å². The summed E-state index contributed by atoms with van der Waals surface area (Å²) in [6.45, 7) is 1.51. The number of carbonyl (C=O) groups excluding carboxylic acids is 1. The van der Waals surface area contributed by atoms with Crippen molar-refractivity contribution in [1.82, 2.24) is 5.32 Å². The van der Waals surface area contributed by atoms with Crippen LogP contribution in [0, 0.1) is 0 Å². The maximum absolute atomic E-state index is 12.4. The van der Waals surface area contributed by atoms with Crippen molar-refractivity contribution in [2.45, 2.75) is 12.5 Å². The first-order chi connectivity index (χ1) is 9.98. The van der Waals surface area contributed by atoms with Gasteiger partial charge in [-0.25, -0.2) is 0 Å². The molecule has 0 spiro atoms. The molecule has 0 aliphatic carbocycles. The summed E-state index contributed by atoms with van der Waals surface area (Å²) >= 11 is 12.0. The number of halogens is 2. The van der Waals surface area contributed by atoms with Crippen LogP contribution in [0.15, 0.2) is 48.5 Å². The number of hydrogen-bond donors (Lipinski definition) is 2. The van der Waals surface area contributed by atoms with E-state index < -0.39 is 5.54 Å². The normalized spacial score (nSPS) is 13.5. The van der Waals surface area contributed by atoms with Crippen molar-refractivity contribution in [2.75, 3.05) is 6.61 Å². The summed E-state index contributed by atoms with van der Waals surface area (Å²) in [7, 11) is 0. The second-order valence-corrected chi connectivity index (χ2v) is 5.70. The second kappa shape index (κ2) is 6.48. The Morgan fingerprint density at radius 1 is 1.14 bits per heavy atom. The van der Waals surface area contributed by atoms with Crippen molar-refractivity contribution >= 4 is 29.1 Å². The Hall–Kier alpha value is -1.55. The van der Waals surface area contributed by atoms with Gasteiger partial charge in [0, 0.05) is 0 Å². The van der Waals surface area contributed by atoms with E-state index >= 15 is 0 Å². The molecule has 2 rings (SSSR count). The van der Waals surface area contributed by atoms with Gasteiger partial charge in [-0.15, -0.1) is 0 Å². The zero-order valence-electron chi connectivity index (χ0n) is 11.4. The van der Waals surface area contributed by atoms with Gasteiger partial charge in [-0.2, -0.15) is 0 Å². The third-order valence-electron chi connectivity index (χ3n) is 3.31. The average molecular weight is 324 g/mol. The Kier molecular flexibility index (Phi) is 4.88. The van der Waals surface area contributed by atoms with E-state index in [0.29, 0.717) is 5.02 Å². The molecule has 2 N–H and O–H groups in total. The van der Waals surface area contributed by atoms with Gasteiger partial charge in [0.25, 0.3) is 5.91 Å². The van der Waals surface area contributed by atoms with Crippen LogP contribution in [0.1, 0.15) is 22.8 Å². The molecule has 2 aromatic carbocycles. The zero-order chi connectivity index (χ0) is 15.5. The first-order valence-electron chi connectivity index (χ1n) is 6.41. The summed E-state index contributed by atoms with van der Waals surface area (Å²) in [6, 6.07) is 14.1. The van der Waals surface area contributed by atoms with Gasteiger partial charge in [-0.05, 0) is 24.6 Å². The minimum atomic E-state index is -0.899. The van der Waals surface area contributed by atoms with Crippen molar-refractivity contribution in [3.8, 4) is 0 Å². The van der Waals surface area contributed by atoms with Gasteiger partial charge in [0.05, 0.1) is 27.8 Å². The smallest absolute Gasteiger partial charge is 0.253 e. The van der Waals surface area contributed by atoms with E-state index in [1.165, 1.54) is 0 Å². The number of aliphatic hydroxyl groups excluding tert-OH is 1. The highest BCUT2D eigenvalue weighted by molar-refractivity contribution is 6.43. The minimum absolute atomic E-state index is 0.199. The molecule has 1 atom stereocenters. The van der Waals surface area contributed by atoms with Gasteiger partial charge in [-0.1, -0.05) is 59.6 Å². The quantitative estimate of drug-likeness (QED) is 0.902. The highest BCUT2D eigenvalue weighted by Crippen LogP contribution is 2.27. The lowest BCUT2D eigenvalue weighted by Gasteiger charge is -2.29. The Balaban J connectivity index is 2.30. The molecular formula is C16H15Cl2NO2. The monoisotopic (exact) mass is 323 g/mol. The first-order valence-corrected chi connectivity index (χ1v) is 7.16. The van der Waals surface area contributed by atoms with Crippen molar-refractivity contribution < 1.29 is 9.90 Å². The molecule has 0 bridgehead atoms. The molecule has 0 saturated heterocycles. The molecule has 21 heavy (non-hydrogen) atoms. The predicted octanol–water partition coefficient (Wildman–Crippen LogP) is 3.63. The van der Waals surface area contributed by atoms with Crippen molar-refractivity contribution in [2.24, 2.45) is 0 Å². The number of amides is 1. The predicted molar refractivity (Wildman–Crippen MR) is 84.8 cm³/mol. The molecule has 0 aromatic heterocycles. The number of benzene rings is 2. The molecule has 5 heteroatoms. The van der Waals surface area contributed by atoms with E-state index in [1.54, 1.807) is 25.1 Å². The highest BCUT2D eigenvalue weighted by atomic mass is 35.5. The molecule has 0 aliphatic heterocycles. The van der Waals surface area contributed by atoms with Crippen LogP contribution in [-0.2, 0) is 5.54 Å². The van der Waals surface area contributed by atoms with Crippen LogP contribution in [0.3, 0.4) is 0 Å². The number of aliphatic hydroxyl groups is 1. The summed E-state index contributed by atoms with van der Waals surface area (Å²) in [5.74, 6) is -0.386. The summed E-state index contributed by atoms with van der Waals surface area (Å²) < 4.78 is 0. The summed E-state index contributed by atoms with van der Waals surface area (Å²) in [5, 5.41) is 13.0. The van der Waals surface area contributed by atoms with Gasteiger partial charge in [0.1, 0.15) is 0 Å². The second-order valence-electron chi connectivity index (χ2n) is 4.91. The van der Waals surface area contributed by atoms with Crippen LogP contribution in [-0.4, -0.2) is 17.6 Å². The lowest BCUT2D eigenvalue weighted by atomic mass is 9.92. The Bertz CT molecular complexity index is 646. The average Bonchev–Trinajstić information content (AvgIpc) is 2.50. The van der Waals surface area contributed by atoms with Gasteiger partial charge in [0.2, 0.25) is 0 Å². The molecular weight excluding hydrogens is 309 g/mol. The highest BCUT2D eigenvalue weighted by Gasteiger charge is 2.29. The van der Waals surface area contributed by atoms with E-state index in [1.807, 2.05) is 30.3 Å². The van der Waals surface area contributed by atoms with E-state index in [-0.39, 0.29) is 23.1 Å². The van der Waals surface area contributed by atoms with Crippen LogP contribution < -0.4 is 5.32 Å². The molecule has 0 heterocycles. The molecule has 1 unspecified atom stereocenters. The summed E-state index contributed by atoms with van der Waals surface area (Å²) in [5.41, 5.74) is 0.183. The molecule has 0 radical (unpaired) electrons. The SMILES string of the molecule is CC(CO)(NC(=O)c1cccc(Cl)c1Cl)c1ccccc1. The van der Waals surface area contributed by atoms with Crippen LogP contribution in [0.2, 0.25) is 10.0 Å². The van der Waals surface area contributed by atoms with Crippen LogP contribution >= 0.6 is 23.2 Å². The zero-order valence-corrected chi connectivity index (χ0v) is 12.9. The lowest BCUT2D eigenvalue weighted by Crippen LogP contribution is -2.46. The van der Waals surface area contributed by atoms with Gasteiger partial charge in [0.15, 0.2) is 0 Å². The molecule has 2 aromatic rings. The number of rotatable bonds is 4. The fourth-order valence-corrected chi connectivity index (χ4v) is 2.39. The van der Waals surface area contributed by atoms with Gasteiger partial charge >= 0.3 is 0 Å². The largest absolute Gasteiger partial charge is 0.394 e. The molecule has 0 fully saturated rings. The van der Waals surface area contributed by atoms with E-state index in [2.05, 4.69) is 5.32 Å². The summed E-state index contributed by atoms with van der Waals surface area (Å²) in [4.78, 5) is 12.4. The maximum Gasteiger partial charge on any atom is 0.253 e. The molecule has 110 valence electrons. The fraction of sp³-hybridized carbons (Fsp3) is 0.188. The van der Waals surface area contributed by atoms with E-state index in [4.69, 9.17) is 23.2 Å². The minimum Gasteiger partial charge on any atom is -0.394 e. The Morgan fingerprint density at radius 2 is 1.81 bits per heavy atom. The number of carbonyl (C=O) groups is 1. The van der Waals surface area contributed by atoms with Crippen molar-refractivity contribution in [1.29, 1.82) is 0 Å². The molecule has 0 aliphatic rings. The molecule has 1 amide bonds. The Morgan fingerprint density at radius 3 is 2.43 bits per heavy atom.